The van der Waals surface area contributed by atoms with Crippen LogP contribution < -0.4 is 9.04 Å². The predicted molar refractivity (Wildman–Crippen MR) is 152 cm³/mol. The van der Waals surface area contributed by atoms with E-state index in [-0.39, 0.29) is 54.0 Å². The number of aromatic nitrogens is 2. The molecule has 223 valence electrons. The van der Waals surface area contributed by atoms with Crippen LogP contribution in [0.4, 0.5) is 25.8 Å². The molecule has 0 aliphatic heterocycles. The summed E-state index contributed by atoms with van der Waals surface area (Å²) in [6, 6.07) is 11.5. The first-order chi connectivity index (χ1) is 20.4. The van der Waals surface area contributed by atoms with Gasteiger partial charge in [-0.15, -0.1) is 0 Å². The van der Waals surface area contributed by atoms with E-state index < -0.39 is 47.8 Å². The lowest BCUT2D eigenvalue weighted by molar-refractivity contribution is -0.387. The molecule has 0 saturated carbocycles. The van der Waals surface area contributed by atoms with E-state index >= 15 is 0 Å². The number of sulfonamides is 1. The lowest BCUT2D eigenvalue weighted by Crippen LogP contribution is -2.33. The van der Waals surface area contributed by atoms with Crippen molar-refractivity contribution in [3.8, 4) is 17.0 Å². The van der Waals surface area contributed by atoms with Crippen LogP contribution in [0.2, 0.25) is 5.28 Å². The Bertz CT molecular complexity index is 1810. The summed E-state index contributed by atoms with van der Waals surface area (Å²) < 4.78 is 63.7. The molecule has 0 spiro atoms. The Morgan fingerprint density at radius 2 is 1.74 bits per heavy atom. The second-order valence-corrected chi connectivity index (χ2v) is 11.1. The molecule has 0 aliphatic carbocycles. The first kappa shape index (κ1) is 31.2. The zero-order valence-corrected chi connectivity index (χ0v) is 23.6. The summed E-state index contributed by atoms with van der Waals surface area (Å²) in [5.41, 5.74) is -1.54. The SMILES string of the molecule is [CH2]c1cc(OCCCCN(c2cc(F)ccc2-c2nc(Cl)ncc2F)S(=O)(=O)c2ccccc2[N+](=O)[O-])cc([N+](=O)[O-])c1. The molecule has 0 unspecified atom stereocenters. The largest absolute Gasteiger partial charge is 0.493 e. The van der Waals surface area contributed by atoms with Gasteiger partial charge in [-0.25, -0.2) is 27.2 Å². The molecule has 0 bridgehead atoms. The molecule has 0 atom stereocenters. The average Bonchev–Trinajstić information content (AvgIpc) is 2.96. The van der Waals surface area contributed by atoms with Gasteiger partial charge in [0, 0.05) is 24.2 Å². The van der Waals surface area contributed by atoms with Gasteiger partial charge in [-0.05, 0) is 67.3 Å². The molecule has 1 radical (unpaired) electrons. The van der Waals surface area contributed by atoms with E-state index in [4.69, 9.17) is 16.3 Å². The first-order valence-corrected chi connectivity index (χ1v) is 14.2. The van der Waals surface area contributed by atoms with Gasteiger partial charge in [-0.3, -0.25) is 24.5 Å². The average molecular weight is 633 g/mol. The first-order valence-electron chi connectivity index (χ1n) is 12.4. The Morgan fingerprint density at radius 3 is 2.47 bits per heavy atom. The third kappa shape index (κ3) is 7.18. The number of ether oxygens (including phenoxy) is 1. The van der Waals surface area contributed by atoms with E-state index in [1.807, 2.05) is 0 Å². The van der Waals surface area contributed by atoms with E-state index in [1.54, 1.807) is 0 Å². The molecule has 4 rings (SSSR count). The van der Waals surface area contributed by atoms with Crippen molar-refractivity contribution in [1.82, 2.24) is 9.97 Å². The van der Waals surface area contributed by atoms with Crippen molar-refractivity contribution in [2.45, 2.75) is 17.7 Å². The summed E-state index contributed by atoms with van der Waals surface area (Å²) in [7, 11) is -4.76. The highest BCUT2D eigenvalue weighted by atomic mass is 35.5. The van der Waals surface area contributed by atoms with Crippen molar-refractivity contribution in [3.63, 3.8) is 0 Å². The van der Waals surface area contributed by atoms with Crippen LogP contribution in [0.3, 0.4) is 0 Å². The second-order valence-electron chi connectivity index (χ2n) is 8.95. The molecule has 16 heteroatoms. The number of hydrogen-bond donors (Lipinski definition) is 0. The Balaban J connectivity index is 1.71. The Kier molecular flexibility index (Phi) is 9.46. The van der Waals surface area contributed by atoms with Crippen molar-refractivity contribution in [2.24, 2.45) is 0 Å². The number of rotatable bonds is 12. The van der Waals surface area contributed by atoms with E-state index in [2.05, 4.69) is 16.9 Å². The van der Waals surface area contributed by atoms with Crippen LogP contribution in [-0.4, -0.2) is 41.4 Å². The van der Waals surface area contributed by atoms with Crippen LogP contribution in [0.25, 0.3) is 11.3 Å². The van der Waals surface area contributed by atoms with Crippen molar-refractivity contribution < 1.29 is 31.8 Å². The maximum atomic E-state index is 14.8. The Hall–Kier alpha value is -4.76. The number of non-ortho nitro benzene ring substituents is 1. The quantitative estimate of drug-likeness (QED) is 0.0775. The van der Waals surface area contributed by atoms with Crippen molar-refractivity contribution in [2.75, 3.05) is 17.5 Å². The standard InChI is InChI=1S/C27H21ClF2N5O7S/c1-17-12-19(34(36)37)15-20(13-17)42-11-5-4-10-33(43(40,41)25-7-3-2-6-23(25)35(38)39)24-14-18(29)8-9-21(24)26-22(30)16-31-27(28)32-26/h2-3,6-9,12-16H,1,4-5,10-11H2. The fraction of sp³-hybridized carbons (Fsp3) is 0.148. The fourth-order valence-electron chi connectivity index (χ4n) is 4.14. The topological polar surface area (TPSA) is 159 Å². The third-order valence-corrected chi connectivity index (χ3v) is 8.06. The van der Waals surface area contributed by atoms with E-state index in [9.17, 15) is 37.4 Å². The van der Waals surface area contributed by atoms with Gasteiger partial charge < -0.3 is 4.74 Å². The van der Waals surface area contributed by atoms with E-state index in [0.29, 0.717) is 5.56 Å². The minimum absolute atomic E-state index is 0.00780. The van der Waals surface area contributed by atoms with Crippen LogP contribution in [0.1, 0.15) is 18.4 Å². The molecule has 0 amide bonds. The highest BCUT2D eigenvalue weighted by Gasteiger charge is 2.33. The molecule has 43 heavy (non-hydrogen) atoms. The van der Waals surface area contributed by atoms with Crippen LogP contribution in [0.5, 0.6) is 5.75 Å². The number of nitro benzene ring substituents is 2. The van der Waals surface area contributed by atoms with Gasteiger partial charge in [0.1, 0.15) is 17.3 Å². The smallest absolute Gasteiger partial charge is 0.289 e. The summed E-state index contributed by atoms with van der Waals surface area (Å²) in [6.45, 7) is 3.31. The van der Waals surface area contributed by atoms with Gasteiger partial charge in [-0.2, -0.15) is 0 Å². The van der Waals surface area contributed by atoms with Gasteiger partial charge in [0.15, 0.2) is 10.7 Å². The second kappa shape index (κ2) is 13.0. The molecular formula is C27H21ClF2N5O7S. The number of nitrogens with zero attached hydrogens (tertiary/aromatic N) is 5. The van der Waals surface area contributed by atoms with Crippen LogP contribution >= 0.6 is 11.6 Å². The van der Waals surface area contributed by atoms with Crippen LogP contribution in [-0.2, 0) is 10.0 Å². The number of hydrogen-bond acceptors (Lipinski definition) is 9. The summed E-state index contributed by atoms with van der Waals surface area (Å²) in [5.74, 6) is -1.68. The van der Waals surface area contributed by atoms with Gasteiger partial charge in [-0.1, -0.05) is 12.1 Å². The summed E-state index contributed by atoms with van der Waals surface area (Å²) in [4.78, 5) is 28.0. The number of para-hydroxylation sites is 1. The Labute approximate surface area is 248 Å². The molecule has 0 N–H and O–H groups in total. The number of nitro groups is 2. The lowest BCUT2D eigenvalue weighted by atomic mass is 10.1. The molecule has 0 saturated heterocycles. The van der Waals surface area contributed by atoms with Crippen molar-refractivity contribution >= 4 is 38.7 Å². The third-order valence-electron chi connectivity index (χ3n) is 6.01. The summed E-state index contributed by atoms with van der Waals surface area (Å²) in [5, 5.41) is 22.5. The van der Waals surface area contributed by atoms with Gasteiger partial charge >= 0.3 is 0 Å². The Morgan fingerprint density at radius 1 is 1.00 bits per heavy atom. The molecule has 1 heterocycles. The van der Waals surface area contributed by atoms with Gasteiger partial charge in [0.05, 0.1) is 34.4 Å². The number of halogens is 3. The van der Waals surface area contributed by atoms with E-state index in [0.717, 1.165) is 40.8 Å². The zero-order valence-electron chi connectivity index (χ0n) is 22.0. The predicted octanol–water partition coefficient (Wildman–Crippen LogP) is 6.13. The maximum Gasteiger partial charge on any atom is 0.289 e. The highest BCUT2D eigenvalue weighted by molar-refractivity contribution is 7.93. The highest BCUT2D eigenvalue weighted by Crippen LogP contribution is 2.37. The lowest BCUT2D eigenvalue weighted by Gasteiger charge is -2.26. The zero-order chi connectivity index (χ0) is 31.3. The van der Waals surface area contributed by atoms with Crippen LogP contribution in [0.15, 0.2) is 71.8 Å². The summed E-state index contributed by atoms with van der Waals surface area (Å²) >= 11 is 5.85. The normalized spacial score (nSPS) is 11.3. The molecule has 3 aromatic carbocycles. The number of benzene rings is 3. The molecule has 0 aliphatic rings. The fourth-order valence-corrected chi connectivity index (χ4v) is 5.95. The molecule has 0 fully saturated rings. The molecule has 1 aromatic heterocycles. The maximum absolute atomic E-state index is 14.8. The molecule has 4 aromatic rings. The summed E-state index contributed by atoms with van der Waals surface area (Å²) in [6.07, 6.45) is 1.02. The van der Waals surface area contributed by atoms with Crippen LogP contribution in [0, 0.1) is 38.8 Å². The minimum Gasteiger partial charge on any atom is -0.493 e. The van der Waals surface area contributed by atoms with Gasteiger partial charge in [0.25, 0.3) is 21.4 Å². The van der Waals surface area contributed by atoms with Crippen molar-refractivity contribution in [1.29, 1.82) is 0 Å². The van der Waals surface area contributed by atoms with Crippen molar-refractivity contribution in [3.05, 3.63) is 116 Å². The van der Waals surface area contributed by atoms with Gasteiger partial charge in [0.2, 0.25) is 5.28 Å². The monoisotopic (exact) mass is 632 g/mol. The minimum atomic E-state index is -4.76. The number of anilines is 1. The number of unbranched alkanes of at least 4 members (excludes halogenated alkanes) is 1. The molecule has 12 nitrogen and oxygen atoms in total. The molecular weight excluding hydrogens is 612 g/mol. The van der Waals surface area contributed by atoms with E-state index in [1.165, 1.54) is 30.3 Å².